The van der Waals surface area contributed by atoms with Crippen molar-refractivity contribution in [1.29, 1.82) is 0 Å². The normalized spacial score (nSPS) is 18.5. The highest BCUT2D eigenvalue weighted by Crippen LogP contribution is 2.35. The molecule has 1 aliphatic rings. The Morgan fingerprint density at radius 2 is 1.33 bits per heavy atom. The van der Waals surface area contributed by atoms with Crippen molar-refractivity contribution in [3.05, 3.63) is 71.8 Å². The maximum atomic E-state index is 3.93. The molecular weight excluding hydrogens is 292 g/mol. The zero-order valence-corrected chi connectivity index (χ0v) is 15.2. The van der Waals surface area contributed by atoms with Crippen molar-refractivity contribution in [2.45, 2.75) is 51.2 Å². The number of hydrogen-bond acceptors (Lipinski definition) is 2. The lowest BCUT2D eigenvalue weighted by atomic mass is 9.86. The van der Waals surface area contributed by atoms with E-state index in [1.807, 2.05) is 0 Å². The van der Waals surface area contributed by atoms with Crippen molar-refractivity contribution in [1.82, 2.24) is 10.2 Å². The molecular formula is C22H30N2. The fraction of sp³-hybridized carbons (Fsp3) is 0.455. The molecule has 128 valence electrons. The molecule has 2 nitrogen and oxygen atoms in total. The van der Waals surface area contributed by atoms with Gasteiger partial charge in [-0.25, -0.2) is 0 Å². The smallest absolute Gasteiger partial charge is 0.0506 e. The molecule has 1 N–H and O–H groups in total. The third kappa shape index (κ3) is 3.71. The maximum absolute atomic E-state index is 3.93. The predicted octanol–water partition coefficient (Wildman–Crippen LogP) is 4.95. The summed E-state index contributed by atoms with van der Waals surface area (Å²) in [5.41, 5.74) is 2.80. The highest BCUT2D eigenvalue weighted by Gasteiger charge is 2.38. The van der Waals surface area contributed by atoms with Gasteiger partial charge in [0.15, 0.2) is 0 Å². The Hall–Kier alpha value is -1.64. The van der Waals surface area contributed by atoms with Crippen LogP contribution >= 0.6 is 0 Å². The van der Waals surface area contributed by atoms with E-state index in [0.29, 0.717) is 12.1 Å². The molecule has 0 saturated carbocycles. The van der Waals surface area contributed by atoms with Gasteiger partial charge < -0.3 is 5.32 Å². The molecule has 0 spiro atoms. The standard InChI is InChI=1S/C22H30N2/c1-18(19-12-6-4-7-13-19)23-21(20-14-8-5-9-15-20)22(2,3)24-16-10-11-17-24/h4-9,12-15,18,21,23H,10-11,16-17H2,1-3H3. The van der Waals surface area contributed by atoms with Gasteiger partial charge in [0.2, 0.25) is 0 Å². The van der Waals surface area contributed by atoms with Crippen molar-refractivity contribution in [2.75, 3.05) is 13.1 Å². The summed E-state index contributed by atoms with van der Waals surface area (Å²) < 4.78 is 0. The van der Waals surface area contributed by atoms with E-state index >= 15 is 0 Å². The molecule has 3 rings (SSSR count). The van der Waals surface area contributed by atoms with Gasteiger partial charge in [-0.2, -0.15) is 0 Å². The number of nitrogens with one attached hydrogen (secondary N) is 1. The summed E-state index contributed by atoms with van der Waals surface area (Å²) in [6.07, 6.45) is 2.64. The molecule has 2 aromatic carbocycles. The fourth-order valence-corrected chi connectivity index (χ4v) is 3.92. The van der Waals surface area contributed by atoms with Crippen LogP contribution in [0.4, 0.5) is 0 Å². The summed E-state index contributed by atoms with van der Waals surface area (Å²) in [6.45, 7) is 9.46. The Morgan fingerprint density at radius 1 is 0.833 bits per heavy atom. The molecule has 2 aromatic rings. The van der Waals surface area contributed by atoms with Crippen molar-refractivity contribution >= 4 is 0 Å². The third-order valence-corrected chi connectivity index (χ3v) is 5.48. The number of nitrogens with zero attached hydrogens (tertiary/aromatic N) is 1. The first kappa shape index (κ1) is 17.2. The van der Waals surface area contributed by atoms with Gasteiger partial charge in [-0.05, 0) is 57.8 Å². The molecule has 0 aliphatic carbocycles. The van der Waals surface area contributed by atoms with E-state index in [1.54, 1.807) is 0 Å². The van der Waals surface area contributed by atoms with Crippen molar-refractivity contribution in [3.63, 3.8) is 0 Å². The van der Waals surface area contributed by atoms with Gasteiger partial charge in [0.05, 0.1) is 6.04 Å². The average Bonchev–Trinajstić information content (AvgIpc) is 3.16. The van der Waals surface area contributed by atoms with Crippen LogP contribution in [0.25, 0.3) is 0 Å². The van der Waals surface area contributed by atoms with Gasteiger partial charge in [0, 0.05) is 11.6 Å². The van der Waals surface area contributed by atoms with Gasteiger partial charge in [0.25, 0.3) is 0 Å². The van der Waals surface area contributed by atoms with Gasteiger partial charge in [-0.3, -0.25) is 4.90 Å². The van der Waals surface area contributed by atoms with Crippen molar-refractivity contribution < 1.29 is 0 Å². The van der Waals surface area contributed by atoms with Crippen LogP contribution in [0.1, 0.15) is 56.8 Å². The van der Waals surface area contributed by atoms with E-state index in [-0.39, 0.29) is 5.54 Å². The summed E-state index contributed by atoms with van der Waals surface area (Å²) in [5.74, 6) is 0. The summed E-state index contributed by atoms with van der Waals surface area (Å²) in [6, 6.07) is 22.3. The SMILES string of the molecule is CC(NC(c1ccccc1)C(C)(C)N1CCCC1)c1ccccc1. The molecule has 1 aliphatic heterocycles. The zero-order valence-electron chi connectivity index (χ0n) is 15.2. The summed E-state index contributed by atoms with van der Waals surface area (Å²) >= 11 is 0. The second-order valence-electron chi connectivity index (χ2n) is 7.49. The van der Waals surface area contributed by atoms with Crippen LogP contribution in [0.3, 0.4) is 0 Å². The van der Waals surface area contributed by atoms with E-state index in [4.69, 9.17) is 0 Å². The molecule has 1 saturated heterocycles. The van der Waals surface area contributed by atoms with E-state index < -0.39 is 0 Å². The summed E-state index contributed by atoms with van der Waals surface area (Å²) in [7, 11) is 0. The van der Waals surface area contributed by atoms with E-state index in [0.717, 1.165) is 0 Å². The molecule has 1 fully saturated rings. The van der Waals surface area contributed by atoms with Crippen LogP contribution in [-0.2, 0) is 0 Å². The molecule has 2 unspecified atom stereocenters. The minimum atomic E-state index is 0.0842. The monoisotopic (exact) mass is 322 g/mol. The molecule has 0 bridgehead atoms. The molecule has 1 heterocycles. The van der Waals surface area contributed by atoms with Crippen LogP contribution < -0.4 is 5.32 Å². The Morgan fingerprint density at radius 3 is 1.88 bits per heavy atom. The summed E-state index contributed by atoms with van der Waals surface area (Å²) in [4.78, 5) is 2.65. The topological polar surface area (TPSA) is 15.3 Å². The average molecular weight is 322 g/mol. The highest BCUT2D eigenvalue weighted by atomic mass is 15.2. The minimum Gasteiger partial charge on any atom is -0.302 e. The van der Waals surface area contributed by atoms with E-state index in [1.165, 1.54) is 37.1 Å². The second kappa shape index (κ2) is 7.50. The Kier molecular flexibility index (Phi) is 5.37. The molecule has 0 radical (unpaired) electrons. The van der Waals surface area contributed by atoms with Gasteiger partial charge in [-0.1, -0.05) is 60.7 Å². The van der Waals surface area contributed by atoms with Gasteiger partial charge in [0.1, 0.15) is 0 Å². The first-order valence-corrected chi connectivity index (χ1v) is 9.20. The van der Waals surface area contributed by atoms with Crippen LogP contribution in [0.5, 0.6) is 0 Å². The molecule has 24 heavy (non-hydrogen) atoms. The summed E-state index contributed by atoms with van der Waals surface area (Å²) in [5, 5.41) is 3.93. The first-order chi connectivity index (χ1) is 11.6. The van der Waals surface area contributed by atoms with Gasteiger partial charge in [-0.15, -0.1) is 0 Å². The second-order valence-corrected chi connectivity index (χ2v) is 7.49. The van der Waals surface area contributed by atoms with E-state index in [2.05, 4.69) is 91.7 Å². The van der Waals surface area contributed by atoms with Crippen LogP contribution in [0.15, 0.2) is 60.7 Å². The van der Waals surface area contributed by atoms with Crippen LogP contribution in [-0.4, -0.2) is 23.5 Å². The largest absolute Gasteiger partial charge is 0.302 e. The minimum absolute atomic E-state index is 0.0842. The lowest BCUT2D eigenvalue weighted by molar-refractivity contribution is 0.101. The third-order valence-electron chi connectivity index (χ3n) is 5.48. The maximum Gasteiger partial charge on any atom is 0.0506 e. The van der Waals surface area contributed by atoms with E-state index in [9.17, 15) is 0 Å². The lowest BCUT2D eigenvalue weighted by Crippen LogP contribution is -2.52. The predicted molar refractivity (Wildman–Crippen MR) is 102 cm³/mol. The molecule has 0 aromatic heterocycles. The van der Waals surface area contributed by atoms with Crippen LogP contribution in [0, 0.1) is 0 Å². The van der Waals surface area contributed by atoms with Crippen LogP contribution in [0.2, 0.25) is 0 Å². The van der Waals surface area contributed by atoms with Crippen molar-refractivity contribution in [3.8, 4) is 0 Å². The Bertz CT molecular complexity index is 615. The van der Waals surface area contributed by atoms with Gasteiger partial charge >= 0.3 is 0 Å². The number of likely N-dealkylation sites (tertiary alicyclic amines) is 1. The highest BCUT2D eigenvalue weighted by molar-refractivity contribution is 5.25. The number of benzene rings is 2. The lowest BCUT2D eigenvalue weighted by Gasteiger charge is -2.44. The molecule has 2 atom stereocenters. The zero-order chi connectivity index (χ0) is 17.0. The molecule has 2 heteroatoms. The van der Waals surface area contributed by atoms with Crippen molar-refractivity contribution in [2.24, 2.45) is 0 Å². The first-order valence-electron chi connectivity index (χ1n) is 9.20. The quantitative estimate of drug-likeness (QED) is 0.809. The Labute approximate surface area is 146 Å². The number of hydrogen-bond donors (Lipinski definition) is 1. The molecule has 0 amide bonds. The number of rotatable bonds is 6. The fourth-order valence-electron chi connectivity index (χ4n) is 3.92. The Balaban J connectivity index is 1.88.